The summed E-state index contributed by atoms with van der Waals surface area (Å²) in [6, 6.07) is 12.0. The number of methoxy groups -OCH3 is 2. The lowest BCUT2D eigenvalue weighted by atomic mass is 9.90. The Morgan fingerprint density at radius 2 is 1.96 bits per heavy atom. The molecule has 140 valence electrons. The van der Waals surface area contributed by atoms with E-state index in [0.717, 1.165) is 29.8 Å². The van der Waals surface area contributed by atoms with E-state index in [-0.39, 0.29) is 0 Å². The number of hydrogen-bond donors (Lipinski definition) is 1. The van der Waals surface area contributed by atoms with Crippen molar-refractivity contribution in [2.24, 2.45) is 0 Å². The lowest BCUT2D eigenvalue weighted by Gasteiger charge is -2.19. The molecule has 1 aliphatic rings. The number of ether oxygens (including phenoxy) is 2. The first-order valence-corrected chi connectivity index (χ1v) is 9.18. The average molecular weight is 365 g/mol. The molecule has 4 rings (SSSR count). The van der Waals surface area contributed by atoms with Gasteiger partial charge in [-0.05, 0) is 55.0 Å². The van der Waals surface area contributed by atoms with E-state index < -0.39 is 0 Å². The van der Waals surface area contributed by atoms with Crippen LogP contribution in [0.1, 0.15) is 29.9 Å². The van der Waals surface area contributed by atoms with Crippen LogP contribution in [0.3, 0.4) is 0 Å². The highest BCUT2D eigenvalue weighted by molar-refractivity contribution is 5.65. The molecule has 0 fully saturated rings. The number of aromatic nitrogens is 2. The molecule has 0 saturated carbocycles. The predicted octanol–water partition coefficient (Wildman–Crippen LogP) is 4.24. The van der Waals surface area contributed by atoms with E-state index in [9.17, 15) is 0 Å². The maximum Gasteiger partial charge on any atom is 0.246 e. The molecule has 0 atom stereocenters. The van der Waals surface area contributed by atoms with Gasteiger partial charge < -0.3 is 19.3 Å². The normalized spacial score (nSPS) is 13.1. The molecule has 0 spiro atoms. The van der Waals surface area contributed by atoms with Gasteiger partial charge in [0.2, 0.25) is 11.7 Å². The van der Waals surface area contributed by atoms with Crippen molar-refractivity contribution in [2.75, 3.05) is 19.5 Å². The van der Waals surface area contributed by atoms with E-state index in [1.807, 2.05) is 12.1 Å². The summed E-state index contributed by atoms with van der Waals surface area (Å²) in [4.78, 5) is 4.51. The van der Waals surface area contributed by atoms with Gasteiger partial charge in [-0.2, -0.15) is 4.98 Å². The van der Waals surface area contributed by atoms with Crippen molar-refractivity contribution >= 4 is 5.69 Å². The number of benzene rings is 2. The fourth-order valence-electron chi connectivity index (χ4n) is 3.54. The topological polar surface area (TPSA) is 69.4 Å². The van der Waals surface area contributed by atoms with E-state index >= 15 is 0 Å². The highest BCUT2D eigenvalue weighted by Gasteiger charge is 2.16. The molecule has 1 N–H and O–H groups in total. The average Bonchev–Trinajstić information content (AvgIpc) is 3.20. The van der Waals surface area contributed by atoms with Crippen molar-refractivity contribution in [3.05, 3.63) is 53.4 Å². The fraction of sp³-hybridized carbons (Fsp3) is 0.333. The van der Waals surface area contributed by atoms with Crippen molar-refractivity contribution < 1.29 is 14.0 Å². The molecule has 3 aromatic rings. The molecular weight excluding hydrogens is 342 g/mol. The molecule has 2 aromatic carbocycles. The van der Waals surface area contributed by atoms with Gasteiger partial charge in [-0.1, -0.05) is 17.3 Å². The summed E-state index contributed by atoms with van der Waals surface area (Å²) in [6.45, 7) is 0.488. The maximum absolute atomic E-state index is 5.43. The van der Waals surface area contributed by atoms with Crippen LogP contribution in [0.25, 0.3) is 11.4 Å². The number of aryl methyl sites for hydroxylation is 1. The summed E-state index contributed by atoms with van der Waals surface area (Å²) in [7, 11) is 3.23. The van der Waals surface area contributed by atoms with E-state index in [1.165, 1.54) is 24.0 Å². The smallest absolute Gasteiger partial charge is 0.246 e. The molecular formula is C21H23N3O3. The van der Waals surface area contributed by atoms with Crippen LogP contribution >= 0.6 is 0 Å². The molecule has 6 nitrogen and oxygen atoms in total. The summed E-state index contributed by atoms with van der Waals surface area (Å²) < 4.78 is 16.1. The number of rotatable bonds is 6. The third-order valence-electron chi connectivity index (χ3n) is 4.94. The zero-order valence-electron chi connectivity index (χ0n) is 15.6. The monoisotopic (exact) mass is 365 g/mol. The van der Waals surface area contributed by atoms with Crippen LogP contribution in [0.2, 0.25) is 0 Å². The number of fused-ring (bicyclic) bond motifs is 1. The highest BCUT2D eigenvalue weighted by atomic mass is 16.5. The summed E-state index contributed by atoms with van der Waals surface area (Å²) in [6.07, 6.45) is 4.80. The zero-order chi connectivity index (χ0) is 18.6. The third-order valence-corrected chi connectivity index (χ3v) is 4.94. The van der Waals surface area contributed by atoms with E-state index in [2.05, 4.69) is 33.7 Å². The van der Waals surface area contributed by atoms with Gasteiger partial charge in [0.1, 0.15) is 11.5 Å². The van der Waals surface area contributed by atoms with Gasteiger partial charge in [0.25, 0.3) is 0 Å². The van der Waals surface area contributed by atoms with Crippen LogP contribution in [0.15, 0.2) is 40.9 Å². The minimum absolute atomic E-state index is 0.488. The minimum atomic E-state index is 0.488. The third kappa shape index (κ3) is 3.60. The van der Waals surface area contributed by atoms with Gasteiger partial charge in [0, 0.05) is 11.8 Å². The molecule has 0 amide bonds. The Morgan fingerprint density at radius 3 is 2.81 bits per heavy atom. The first-order chi connectivity index (χ1) is 13.3. The first kappa shape index (κ1) is 17.4. The van der Waals surface area contributed by atoms with Crippen molar-refractivity contribution in [3.8, 4) is 22.9 Å². The van der Waals surface area contributed by atoms with Crippen LogP contribution in [-0.2, 0) is 19.4 Å². The Morgan fingerprint density at radius 1 is 1.07 bits per heavy atom. The van der Waals surface area contributed by atoms with E-state index in [4.69, 9.17) is 14.0 Å². The number of anilines is 1. The first-order valence-electron chi connectivity index (χ1n) is 9.18. The Hall–Kier alpha value is -3.02. The Bertz CT molecular complexity index is 936. The van der Waals surface area contributed by atoms with Gasteiger partial charge in [0.05, 0.1) is 26.3 Å². The van der Waals surface area contributed by atoms with Gasteiger partial charge >= 0.3 is 0 Å². The number of nitrogens with one attached hydrogen (secondary N) is 1. The van der Waals surface area contributed by atoms with E-state index in [1.54, 1.807) is 20.3 Å². The second-order valence-corrected chi connectivity index (χ2v) is 6.58. The maximum atomic E-state index is 5.43. The zero-order valence-corrected chi connectivity index (χ0v) is 15.6. The van der Waals surface area contributed by atoms with Crippen molar-refractivity contribution in [1.82, 2.24) is 10.1 Å². The molecule has 1 aliphatic carbocycles. The Balaban J connectivity index is 1.51. The highest BCUT2D eigenvalue weighted by Crippen LogP contribution is 2.32. The predicted molar refractivity (Wildman–Crippen MR) is 103 cm³/mol. The minimum Gasteiger partial charge on any atom is -0.497 e. The van der Waals surface area contributed by atoms with Crippen LogP contribution in [-0.4, -0.2) is 24.4 Å². The fourth-order valence-corrected chi connectivity index (χ4v) is 3.54. The molecule has 0 unspecified atom stereocenters. The Kier molecular flexibility index (Phi) is 4.96. The molecule has 0 radical (unpaired) electrons. The van der Waals surface area contributed by atoms with E-state index in [0.29, 0.717) is 24.0 Å². The van der Waals surface area contributed by atoms with Crippen LogP contribution in [0.4, 0.5) is 5.69 Å². The van der Waals surface area contributed by atoms with Crippen molar-refractivity contribution in [2.45, 2.75) is 32.2 Å². The number of nitrogens with zero attached hydrogens (tertiary/aromatic N) is 2. The second kappa shape index (κ2) is 7.70. The molecule has 1 heterocycles. The van der Waals surface area contributed by atoms with Crippen LogP contribution in [0, 0.1) is 0 Å². The quantitative estimate of drug-likeness (QED) is 0.704. The summed E-state index contributed by atoms with van der Waals surface area (Å²) in [5.74, 6) is 2.40. The molecule has 27 heavy (non-hydrogen) atoms. The van der Waals surface area contributed by atoms with Gasteiger partial charge in [-0.25, -0.2) is 0 Å². The van der Waals surface area contributed by atoms with Gasteiger partial charge in [-0.15, -0.1) is 0 Å². The van der Waals surface area contributed by atoms with Crippen LogP contribution < -0.4 is 14.8 Å². The van der Waals surface area contributed by atoms with Gasteiger partial charge in [-0.3, -0.25) is 0 Å². The molecule has 0 saturated heterocycles. The molecule has 0 bridgehead atoms. The van der Waals surface area contributed by atoms with Crippen LogP contribution in [0.5, 0.6) is 11.5 Å². The lowest BCUT2D eigenvalue weighted by molar-refractivity contribution is 0.382. The van der Waals surface area contributed by atoms with Crippen molar-refractivity contribution in [3.63, 3.8) is 0 Å². The summed E-state index contributed by atoms with van der Waals surface area (Å²) in [5.41, 5.74) is 4.79. The number of hydrogen-bond acceptors (Lipinski definition) is 6. The molecule has 6 heteroatoms. The molecule has 0 aliphatic heterocycles. The molecule has 1 aromatic heterocycles. The van der Waals surface area contributed by atoms with Gasteiger partial charge in [0.15, 0.2) is 0 Å². The summed E-state index contributed by atoms with van der Waals surface area (Å²) >= 11 is 0. The SMILES string of the molecule is COc1ccc(-c2noc(CNc3cccc4c3CCCC4)n2)c(OC)c1. The second-order valence-electron chi connectivity index (χ2n) is 6.58. The largest absolute Gasteiger partial charge is 0.497 e. The standard InChI is InChI=1S/C21H23N3O3/c1-25-15-10-11-17(19(12-15)26-2)21-23-20(27-24-21)13-22-18-9-5-7-14-6-3-4-8-16(14)18/h5,7,9-12,22H,3-4,6,8,13H2,1-2H3. The lowest BCUT2D eigenvalue weighted by Crippen LogP contribution is -2.08. The Labute approximate surface area is 158 Å². The van der Waals surface area contributed by atoms with Crippen molar-refractivity contribution in [1.29, 1.82) is 0 Å². The summed E-state index contributed by atoms with van der Waals surface area (Å²) in [5, 5.41) is 7.56.